The Morgan fingerprint density at radius 3 is 2.50 bits per heavy atom. The second-order valence-corrected chi connectivity index (χ2v) is 10.3. The number of aromatic amines is 1. The van der Waals surface area contributed by atoms with Crippen LogP contribution in [0.4, 0.5) is 0 Å². The molecule has 3 aromatic rings. The average Bonchev–Trinajstić information content (AvgIpc) is 3.12. The van der Waals surface area contributed by atoms with Crippen LogP contribution in [0.2, 0.25) is 0 Å². The van der Waals surface area contributed by atoms with Gasteiger partial charge in [-0.25, -0.2) is 17.8 Å². The first-order chi connectivity index (χ1) is 14.1. The number of rotatable bonds is 7. The van der Waals surface area contributed by atoms with E-state index < -0.39 is 26.5 Å². The lowest BCUT2D eigenvalue weighted by Crippen LogP contribution is -2.39. The lowest BCUT2D eigenvalue weighted by Gasteiger charge is -2.17. The van der Waals surface area contributed by atoms with Gasteiger partial charge in [0.1, 0.15) is 5.37 Å². The van der Waals surface area contributed by atoms with Crippen molar-refractivity contribution in [2.75, 3.05) is 6.26 Å². The molecule has 9 heteroatoms. The number of aryl methyl sites for hydroxylation is 1. The SMILES string of the molecule is CCCCn1nccc1-c1cc2c(=O)n(C(C)S(C)(=O)=O)c(=O)[nH]c2cc1C(C)C.[HH]. The third-order valence-corrected chi connectivity index (χ3v) is 6.87. The molecule has 0 fully saturated rings. The molecule has 0 aliphatic heterocycles. The molecule has 8 nitrogen and oxygen atoms in total. The third kappa shape index (κ3) is 3.98. The van der Waals surface area contributed by atoms with Gasteiger partial charge < -0.3 is 4.98 Å². The number of hydrogen-bond donors (Lipinski definition) is 1. The highest BCUT2D eigenvalue weighted by Gasteiger charge is 2.23. The summed E-state index contributed by atoms with van der Waals surface area (Å²) in [5, 5.41) is 3.43. The van der Waals surface area contributed by atoms with Gasteiger partial charge in [0, 0.05) is 26.0 Å². The molecule has 0 aliphatic rings. The van der Waals surface area contributed by atoms with Crippen LogP contribution in [0, 0.1) is 0 Å². The molecule has 2 aromatic heterocycles. The number of nitrogens with zero attached hydrogens (tertiary/aromatic N) is 3. The lowest BCUT2D eigenvalue weighted by molar-refractivity contribution is 0.552. The van der Waals surface area contributed by atoms with Gasteiger partial charge in [-0.3, -0.25) is 9.48 Å². The Labute approximate surface area is 177 Å². The Hall–Kier alpha value is -2.68. The molecule has 1 N–H and O–H groups in total. The second kappa shape index (κ2) is 8.22. The fourth-order valence-corrected chi connectivity index (χ4v) is 4.14. The van der Waals surface area contributed by atoms with Crippen LogP contribution in [0.25, 0.3) is 22.2 Å². The minimum absolute atomic E-state index is 0. The monoisotopic (exact) mass is 434 g/mol. The molecule has 164 valence electrons. The van der Waals surface area contributed by atoms with Gasteiger partial charge in [-0.2, -0.15) is 5.10 Å². The molecule has 1 unspecified atom stereocenters. The zero-order valence-electron chi connectivity index (χ0n) is 18.0. The summed E-state index contributed by atoms with van der Waals surface area (Å²) in [4.78, 5) is 28.4. The molecule has 3 rings (SSSR count). The molecule has 0 saturated carbocycles. The highest BCUT2D eigenvalue weighted by Crippen LogP contribution is 2.32. The van der Waals surface area contributed by atoms with E-state index in [2.05, 4.69) is 17.0 Å². The van der Waals surface area contributed by atoms with Crippen molar-refractivity contribution < 1.29 is 9.84 Å². The molecule has 0 saturated heterocycles. The fourth-order valence-electron chi connectivity index (χ4n) is 3.56. The number of aromatic nitrogens is 4. The Kier molecular flexibility index (Phi) is 6.03. The standard InChI is InChI=1S/C21H28N4O4S.H2/c1-6-7-10-24-19(8-9-22-24)16-11-17-18(12-15(16)13(2)3)23-21(27)25(20(17)26)14(4)30(5,28)29;/h8-9,11-14H,6-7,10H2,1-5H3,(H,23,27);1H. The molecule has 0 aliphatic carbocycles. The predicted molar refractivity (Wildman–Crippen MR) is 121 cm³/mol. The van der Waals surface area contributed by atoms with Gasteiger partial charge in [0.2, 0.25) is 0 Å². The summed E-state index contributed by atoms with van der Waals surface area (Å²) in [6.07, 6.45) is 4.75. The summed E-state index contributed by atoms with van der Waals surface area (Å²) >= 11 is 0. The quantitative estimate of drug-likeness (QED) is 0.614. The third-order valence-electron chi connectivity index (χ3n) is 5.42. The number of fused-ring (bicyclic) bond motifs is 1. The van der Waals surface area contributed by atoms with Crippen LogP contribution in [0.3, 0.4) is 0 Å². The second-order valence-electron chi connectivity index (χ2n) is 7.97. The topological polar surface area (TPSA) is 107 Å². The van der Waals surface area contributed by atoms with E-state index >= 15 is 0 Å². The van der Waals surface area contributed by atoms with Gasteiger partial charge in [0.15, 0.2) is 9.84 Å². The maximum atomic E-state index is 13.2. The number of nitrogens with one attached hydrogen (secondary N) is 1. The van der Waals surface area contributed by atoms with Gasteiger partial charge in [-0.05, 0) is 43.0 Å². The van der Waals surface area contributed by atoms with Crippen molar-refractivity contribution in [3.8, 4) is 11.3 Å². The van der Waals surface area contributed by atoms with Crippen molar-refractivity contribution in [2.45, 2.75) is 58.4 Å². The maximum absolute atomic E-state index is 13.2. The zero-order valence-corrected chi connectivity index (χ0v) is 18.8. The van der Waals surface area contributed by atoms with E-state index in [1.165, 1.54) is 6.92 Å². The predicted octanol–water partition coefficient (Wildman–Crippen LogP) is 3.29. The summed E-state index contributed by atoms with van der Waals surface area (Å²) in [5.41, 5.74) is 1.76. The number of hydrogen-bond acceptors (Lipinski definition) is 5. The summed E-state index contributed by atoms with van der Waals surface area (Å²) in [6, 6.07) is 5.46. The van der Waals surface area contributed by atoms with E-state index in [1.807, 2.05) is 30.7 Å². The van der Waals surface area contributed by atoms with Gasteiger partial charge in [0.05, 0.1) is 16.6 Å². The average molecular weight is 435 g/mol. The van der Waals surface area contributed by atoms with E-state index in [0.717, 1.165) is 47.0 Å². The van der Waals surface area contributed by atoms with Gasteiger partial charge in [0.25, 0.3) is 5.56 Å². The molecular formula is C21H30N4O4S. The first-order valence-corrected chi connectivity index (χ1v) is 12.0. The lowest BCUT2D eigenvalue weighted by atomic mass is 9.93. The van der Waals surface area contributed by atoms with Crippen LogP contribution in [0.1, 0.15) is 58.8 Å². The fraction of sp³-hybridized carbons (Fsp3) is 0.476. The molecule has 0 spiro atoms. The number of sulfone groups is 1. The first kappa shape index (κ1) is 22.0. The molecule has 30 heavy (non-hydrogen) atoms. The van der Waals surface area contributed by atoms with Crippen molar-refractivity contribution in [3.63, 3.8) is 0 Å². The molecular weight excluding hydrogens is 404 g/mol. The van der Waals surface area contributed by atoms with Crippen molar-refractivity contribution in [1.82, 2.24) is 19.3 Å². The van der Waals surface area contributed by atoms with Crippen molar-refractivity contribution in [1.29, 1.82) is 0 Å². The van der Waals surface area contributed by atoms with Crippen molar-refractivity contribution >= 4 is 20.7 Å². The largest absolute Gasteiger partial charge is 0.329 e. The molecule has 0 radical (unpaired) electrons. The van der Waals surface area contributed by atoms with Gasteiger partial charge >= 0.3 is 5.69 Å². The summed E-state index contributed by atoms with van der Waals surface area (Å²) in [7, 11) is -3.63. The minimum Gasteiger partial charge on any atom is -0.307 e. The van der Waals surface area contributed by atoms with E-state index in [4.69, 9.17) is 0 Å². The summed E-state index contributed by atoms with van der Waals surface area (Å²) in [6.45, 7) is 8.29. The van der Waals surface area contributed by atoms with Crippen LogP contribution in [-0.2, 0) is 16.4 Å². The molecule has 0 bridgehead atoms. The Balaban J connectivity index is 0.00000341. The Bertz CT molecular complexity index is 1310. The Morgan fingerprint density at radius 2 is 1.90 bits per heavy atom. The number of unbranched alkanes of at least 4 members (excludes halogenated alkanes) is 1. The van der Waals surface area contributed by atoms with E-state index in [0.29, 0.717) is 5.52 Å². The molecule has 1 aromatic carbocycles. The van der Waals surface area contributed by atoms with Gasteiger partial charge in [-0.15, -0.1) is 0 Å². The van der Waals surface area contributed by atoms with Gasteiger partial charge in [-0.1, -0.05) is 27.2 Å². The van der Waals surface area contributed by atoms with E-state index in [9.17, 15) is 18.0 Å². The normalized spacial score (nSPS) is 13.3. The Morgan fingerprint density at radius 1 is 1.20 bits per heavy atom. The van der Waals surface area contributed by atoms with E-state index in [1.54, 1.807) is 12.3 Å². The number of benzene rings is 1. The molecule has 2 heterocycles. The van der Waals surface area contributed by atoms with Crippen molar-refractivity contribution in [2.24, 2.45) is 0 Å². The van der Waals surface area contributed by atoms with Crippen LogP contribution >= 0.6 is 0 Å². The number of H-pyrrole nitrogens is 1. The summed E-state index contributed by atoms with van der Waals surface area (Å²) < 4.78 is 26.7. The van der Waals surface area contributed by atoms with E-state index in [-0.39, 0.29) is 12.7 Å². The highest BCUT2D eigenvalue weighted by atomic mass is 32.2. The zero-order chi connectivity index (χ0) is 22.2. The van der Waals surface area contributed by atoms with Crippen LogP contribution in [-0.4, -0.2) is 34.0 Å². The molecule has 1 atom stereocenters. The maximum Gasteiger partial charge on any atom is 0.329 e. The van der Waals surface area contributed by atoms with Crippen molar-refractivity contribution in [3.05, 3.63) is 50.8 Å². The smallest absolute Gasteiger partial charge is 0.307 e. The van der Waals surface area contributed by atoms with Crippen LogP contribution in [0.5, 0.6) is 0 Å². The van der Waals surface area contributed by atoms with Crippen LogP contribution in [0.15, 0.2) is 34.0 Å². The van der Waals surface area contributed by atoms with Crippen LogP contribution < -0.4 is 11.2 Å². The first-order valence-electron chi connectivity index (χ1n) is 10.1. The minimum atomic E-state index is -3.63. The highest BCUT2D eigenvalue weighted by molar-refractivity contribution is 7.90. The molecule has 0 amide bonds. The summed E-state index contributed by atoms with van der Waals surface area (Å²) in [5.74, 6) is 0.139.